The van der Waals surface area contributed by atoms with Gasteiger partial charge in [0.15, 0.2) is 0 Å². The first-order valence-corrected chi connectivity index (χ1v) is 8.77. The molecule has 0 amide bonds. The summed E-state index contributed by atoms with van der Waals surface area (Å²) in [6.45, 7) is 0. The van der Waals surface area contributed by atoms with Gasteiger partial charge in [-0.2, -0.15) is 10.5 Å². The Bertz CT molecular complexity index is 971. The molecule has 3 aromatic carbocycles. The standard InChI is InChI=1S/C22H13IN2/c23-21-12-10-19(11-13-21)22(20(14-24)15-25)18-8-6-17(7-9-18)16-4-2-1-3-5-16/h1-13H. The number of benzene rings is 3. The van der Waals surface area contributed by atoms with Crippen LogP contribution < -0.4 is 0 Å². The van der Waals surface area contributed by atoms with Gasteiger partial charge in [-0.15, -0.1) is 0 Å². The van der Waals surface area contributed by atoms with Crippen LogP contribution in [0.4, 0.5) is 0 Å². The van der Waals surface area contributed by atoms with E-state index in [-0.39, 0.29) is 5.57 Å². The number of halogens is 1. The van der Waals surface area contributed by atoms with Crippen molar-refractivity contribution in [1.29, 1.82) is 10.5 Å². The van der Waals surface area contributed by atoms with Crippen molar-refractivity contribution in [3.05, 3.63) is 99.1 Å². The Balaban J connectivity index is 2.09. The van der Waals surface area contributed by atoms with Crippen LogP contribution in [0.15, 0.2) is 84.4 Å². The molecule has 0 spiro atoms. The summed E-state index contributed by atoms with van der Waals surface area (Å²) in [6.07, 6.45) is 0. The first-order chi connectivity index (χ1) is 12.2. The zero-order valence-corrected chi connectivity index (χ0v) is 15.4. The van der Waals surface area contributed by atoms with Gasteiger partial charge in [0.25, 0.3) is 0 Å². The van der Waals surface area contributed by atoms with Crippen molar-refractivity contribution in [2.45, 2.75) is 0 Å². The van der Waals surface area contributed by atoms with E-state index in [2.05, 4.69) is 34.7 Å². The second kappa shape index (κ2) is 7.79. The molecular formula is C22H13IN2. The predicted octanol–water partition coefficient (Wildman–Crippen LogP) is 5.81. The molecule has 2 nitrogen and oxygen atoms in total. The summed E-state index contributed by atoms with van der Waals surface area (Å²) < 4.78 is 1.11. The maximum absolute atomic E-state index is 9.37. The van der Waals surface area contributed by atoms with Gasteiger partial charge >= 0.3 is 0 Å². The molecule has 0 saturated carbocycles. The van der Waals surface area contributed by atoms with E-state index in [1.807, 2.05) is 78.9 Å². The van der Waals surface area contributed by atoms with E-state index < -0.39 is 0 Å². The molecule has 0 saturated heterocycles. The Morgan fingerprint density at radius 2 is 1.12 bits per heavy atom. The predicted molar refractivity (Wildman–Crippen MR) is 108 cm³/mol. The van der Waals surface area contributed by atoms with Gasteiger partial charge in [0.2, 0.25) is 0 Å². The molecule has 25 heavy (non-hydrogen) atoms. The molecule has 118 valence electrons. The van der Waals surface area contributed by atoms with E-state index in [1.165, 1.54) is 0 Å². The van der Waals surface area contributed by atoms with Gasteiger partial charge in [0, 0.05) is 9.14 Å². The first-order valence-electron chi connectivity index (χ1n) is 7.69. The molecular weight excluding hydrogens is 419 g/mol. The monoisotopic (exact) mass is 432 g/mol. The second-order valence-corrected chi connectivity index (χ2v) is 6.67. The lowest BCUT2D eigenvalue weighted by atomic mass is 9.92. The molecule has 0 N–H and O–H groups in total. The van der Waals surface area contributed by atoms with Crippen LogP contribution in [0.3, 0.4) is 0 Å². The van der Waals surface area contributed by atoms with E-state index in [9.17, 15) is 10.5 Å². The van der Waals surface area contributed by atoms with Crippen molar-refractivity contribution in [2.75, 3.05) is 0 Å². The van der Waals surface area contributed by atoms with Gasteiger partial charge in [-0.25, -0.2) is 0 Å². The van der Waals surface area contributed by atoms with Crippen LogP contribution in [-0.2, 0) is 0 Å². The summed E-state index contributed by atoms with van der Waals surface area (Å²) in [6, 6.07) is 29.9. The molecule has 3 aromatic rings. The Morgan fingerprint density at radius 3 is 1.64 bits per heavy atom. The van der Waals surface area contributed by atoms with Crippen LogP contribution in [0.2, 0.25) is 0 Å². The summed E-state index contributed by atoms with van der Waals surface area (Å²) in [5.41, 5.74) is 4.75. The molecule has 0 aliphatic carbocycles. The minimum Gasteiger partial charge on any atom is -0.192 e. The number of nitrogens with zero attached hydrogens (tertiary/aromatic N) is 2. The molecule has 3 rings (SSSR count). The zero-order valence-electron chi connectivity index (χ0n) is 13.3. The minimum atomic E-state index is 0.119. The van der Waals surface area contributed by atoms with Crippen molar-refractivity contribution >= 4 is 28.2 Å². The number of hydrogen-bond acceptors (Lipinski definition) is 2. The summed E-state index contributed by atoms with van der Waals surface area (Å²) in [5.74, 6) is 0. The highest BCUT2D eigenvalue weighted by Crippen LogP contribution is 2.29. The van der Waals surface area contributed by atoms with Crippen LogP contribution in [0.5, 0.6) is 0 Å². The molecule has 0 atom stereocenters. The fraction of sp³-hybridized carbons (Fsp3) is 0. The van der Waals surface area contributed by atoms with Crippen molar-refractivity contribution in [2.24, 2.45) is 0 Å². The topological polar surface area (TPSA) is 47.6 Å². The smallest absolute Gasteiger partial charge is 0.138 e. The van der Waals surface area contributed by atoms with E-state index in [1.54, 1.807) is 0 Å². The molecule has 0 unspecified atom stereocenters. The largest absolute Gasteiger partial charge is 0.192 e. The lowest BCUT2D eigenvalue weighted by Gasteiger charge is -2.10. The molecule has 0 heterocycles. The normalized spacial score (nSPS) is 9.72. The van der Waals surface area contributed by atoms with Crippen molar-refractivity contribution in [3.63, 3.8) is 0 Å². The number of nitriles is 2. The zero-order chi connectivity index (χ0) is 17.6. The van der Waals surface area contributed by atoms with Crippen molar-refractivity contribution in [3.8, 4) is 23.3 Å². The molecule has 0 aliphatic rings. The van der Waals surface area contributed by atoms with Gasteiger partial charge in [0.05, 0.1) is 0 Å². The van der Waals surface area contributed by atoms with Crippen LogP contribution in [0.25, 0.3) is 16.7 Å². The molecule has 3 heteroatoms. The van der Waals surface area contributed by atoms with Gasteiger partial charge in [-0.3, -0.25) is 0 Å². The molecule has 0 aromatic heterocycles. The summed E-state index contributed by atoms with van der Waals surface area (Å²) in [4.78, 5) is 0. The maximum atomic E-state index is 9.37. The summed E-state index contributed by atoms with van der Waals surface area (Å²) in [5, 5.41) is 18.7. The number of allylic oxidation sites excluding steroid dienone is 1. The van der Waals surface area contributed by atoms with Gasteiger partial charge in [-0.05, 0) is 57.0 Å². The Morgan fingerprint density at radius 1 is 0.640 bits per heavy atom. The van der Waals surface area contributed by atoms with Gasteiger partial charge < -0.3 is 0 Å². The molecule has 0 radical (unpaired) electrons. The summed E-state index contributed by atoms with van der Waals surface area (Å²) in [7, 11) is 0. The Hall–Kier alpha value is -2.89. The quantitative estimate of drug-likeness (QED) is 0.388. The van der Waals surface area contributed by atoms with Crippen LogP contribution in [0.1, 0.15) is 11.1 Å². The highest BCUT2D eigenvalue weighted by atomic mass is 127. The van der Waals surface area contributed by atoms with Crippen molar-refractivity contribution < 1.29 is 0 Å². The second-order valence-electron chi connectivity index (χ2n) is 5.42. The average Bonchev–Trinajstić information content (AvgIpc) is 2.68. The third kappa shape index (κ3) is 3.79. The SMILES string of the molecule is N#CC(C#N)=C(c1ccc(I)cc1)c1ccc(-c2ccccc2)cc1. The number of hydrogen-bond donors (Lipinski definition) is 0. The van der Waals surface area contributed by atoms with Crippen molar-refractivity contribution in [1.82, 2.24) is 0 Å². The maximum Gasteiger partial charge on any atom is 0.138 e. The third-order valence-electron chi connectivity index (χ3n) is 3.89. The van der Waals surface area contributed by atoms with E-state index in [4.69, 9.17) is 0 Å². The minimum absolute atomic E-state index is 0.119. The lowest BCUT2D eigenvalue weighted by Crippen LogP contribution is -1.93. The van der Waals surface area contributed by atoms with Crippen LogP contribution in [-0.4, -0.2) is 0 Å². The van der Waals surface area contributed by atoms with Crippen LogP contribution in [0, 0.1) is 26.2 Å². The van der Waals surface area contributed by atoms with E-state index in [0.717, 1.165) is 25.8 Å². The van der Waals surface area contributed by atoms with Gasteiger partial charge in [0.1, 0.15) is 17.7 Å². The summed E-state index contributed by atoms with van der Waals surface area (Å²) >= 11 is 2.24. The highest BCUT2D eigenvalue weighted by Gasteiger charge is 2.12. The molecule has 0 bridgehead atoms. The van der Waals surface area contributed by atoms with E-state index in [0.29, 0.717) is 5.57 Å². The third-order valence-corrected chi connectivity index (χ3v) is 4.61. The molecule has 0 fully saturated rings. The fourth-order valence-electron chi connectivity index (χ4n) is 2.67. The average molecular weight is 432 g/mol. The number of rotatable bonds is 3. The Labute approximate surface area is 160 Å². The Kier molecular flexibility index (Phi) is 5.28. The van der Waals surface area contributed by atoms with E-state index >= 15 is 0 Å². The van der Waals surface area contributed by atoms with Crippen LogP contribution >= 0.6 is 22.6 Å². The molecule has 0 aliphatic heterocycles. The highest BCUT2D eigenvalue weighted by molar-refractivity contribution is 14.1. The first kappa shape index (κ1) is 17.0. The van der Waals surface area contributed by atoms with Gasteiger partial charge in [-0.1, -0.05) is 66.7 Å². The fourth-order valence-corrected chi connectivity index (χ4v) is 3.03. The lowest BCUT2D eigenvalue weighted by molar-refractivity contribution is 1.44.